The van der Waals surface area contributed by atoms with E-state index in [0.29, 0.717) is 17.9 Å². The van der Waals surface area contributed by atoms with Gasteiger partial charge in [-0.2, -0.15) is 4.98 Å². The minimum atomic E-state index is -0.415. The molecule has 0 aliphatic heterocycles. The maximum atomic E-state index is 13.9. The fourth-order valence-electron chi connectivity index (χ4n) is 2.53. The molecule has 27 heavy (non-hydrogen) atoms. The standard InChI is InChI=1S/C19H13BrFN5O/c20-15-7-3-1-5-12(15)9-23-17-14(10-22-11-24-17)19-25-18(26-27-19)13-6-2-4-8-16(13)21/h1-8,10-11H,9H2,(H,22,23,24). The molecule has 0 amide bonds. The lowest BCUT2D eigenvalue weighted by Crippen LogP contribution is -2.04. The lowest BCUT2D eigenvalue weighted by molar-refractivity contribution is 0.431. The second kappa shape index (κ2) is 7.63. The van der Waals surface area contributed by atoms with Crippen LogP contribution < -0.4 is 5.32 Å². The number of rotatable bonds is 5. The first-order chi connectivity index (χ1) is 13.2. The van der Waals surface area contributed by atoms with Crippen LogP contribution in [0.2, 0.25) is 0 Å². The van der Waals surface area contributed by atoms with Crippen LogP contribution in [0.4, 0.5) is 10.2 Å². The molecule has 4 aromatic rings. The summed E-state index contributed by atoms with van der Waals surface area (Å²) < 4.78 is 20.3. The van der Waals surface area contributed by atoms with Crippen molar-refractivity contribution in [1.82, 2.24) is 20.1 Å². The van der Waals surface area contributed by atoms with Crippen LogP contribution >= 0.6 is 15.9 Å². The first-order valence-corrected chi connectivity index (χ1v) is 8.88. The first kappa shape index (κ1) is 17.3. The van der Waals surface area contributed by atoms with Gasteiger partial charge in [0.05, 0.1) is 5.56 Å². The predicted octanol–water partition coefficient (Wildman–Crippen LogP) is 4.71. The van der Waals surface area contributed by atoms with Gasteiger partial charge in [0.1, 0.15) is 23.5 Å². The summed E-state index contributed by atoms with van der Waals surface area (Å²) in [5.41, 5.74) is 1.88. The summed E-state index contributed by atoms with van der Waals surface area (Å²) in [7, 11) is 0. The second-order valence-electron chi connectivity index (χ2n) is 5.63. The quantitative estimate of drug-likeness (QED) is 0.498. The van der Waals surface area contributed by atoms with E-state index in [4.69, 9.17) is 4.52 Å². The molecule has 0 atom stereocenters. The van der Waals surface area contributed by atoms with Crippen molar-refractivity contribution in [2.45, 2.75) is 6.54 Å². The van der Waals surface area contributed by atoms with Crippen LogP contribution in [0.25, 0.3) is 22.8 Å². The molecule has 0 unspecified atom stereocenters. The van der Waals surface area contributed by atoms with Crippen molar-refractivity contribution in [3.63, 3.8) is 0 Å². The molecule has 0 radical (unpaired) electrons. The average Bonchev–Trinajstić information content (AvgIpc) is 3.18. The van der Waals surface area contributed by atoms with E-state index in [1.165, 1.54) is 12.4 Å². The normalized spacial score (nSPS) is 10.7. The van der Waals surface area contributed by atoms with E-state index < -0.39 is 5.82 Å². The Morgan fingerprint density at radius 1 is 1.04 bits per heavy atom. The van der Waals surface area contributed by atoms with Gasteiger partial charge in [-0.3, -0.25) is 0 Å². The number of halogens is 2. The molecule has 0 fully saturated rings. The Morgan fingerprint density at radius 3 is 2.70 bits per heavy atom. The van der Waals surface area contributed by atoms with Crippen molar-refractivity contribution in [1.29, 1.82) is 0 Å². The maximum absolute atomic E-state index is 13.9. The molecule has 0 aliphatic carbocycles. The molecule has 2 aromatic carbocycles. The van der Waals surface area contributed by atoms with Gasteiger partial charge in [0, 0.05) is 17.2 Å². The highest BCUT2D eigenvalue weighted by Crippen LogP contribution is 2.28. The molecule has 0 bridgehead atoms. The fourth-order valence-corrected chi connectivity index (χ4v) is 2.96. The van der Waals surface area contributed by atoms with Crippen LogP contribution in [0, 0.1) is 5.82 Å². The van der Waals surface area contributed by atoms with Crippen LogP contribution in [0.15, 0.2) is 70.1 Å². The van der Waals surface area contributed by atoms with Crippen LogP contribution in [0.5, 0.6) is 0 Å². The largest absolute Gasteiger partial charge is 0.365 e. The zero-order valence-corrected chi connectivity index (χ0v) is 15.5. The summed E-state index contributed by atoms with van der Waals surface area (Å²) in [6.07, 6.45) is 3.01. The molecular formula is C19H13BrFN5O. The van der Waals surface area contributed by atoms with Crippen molar-refractivity contribution >= 4 is 21.7 Å². The first-order valence-electron chi connectivity index (χ1n) is 8.08. The number of aromatic nitrogens is 4. The van der Waals surface area contributed by atoms with Gasteiger partial charge < -0.3 is 9.84 Å². The third-order valence-electron chi connectivity index (χ3n) is 3.89. The van der Waals surface area contributed by atoms with Gasteiger partial charge in [0.2, 0.25) is 5.82 Å². The van der Waals surface area contributed by atoms with Crippen molar-refractivity contribution in [2.75, 3.05) is 5.32 Å². The van der Waals surface area contributed by atoms with E-state index in [1.54, 1.807) is 24.4 Å². The Morgan fingerprint density at radius 2 is 1.85 bits per heavy atom. The van der Waals surface area contributed by atoms with E-state index >= 15 is 0 Å². The van der Waals surface area contributed by atoms with E-state index in [-0.39, 0.29) is 17.3 Å². The Kier molecular flexibility index (Phi) is 4.88. The average molecular weight is 426 g/mol. The van der Waals surface area contributed by atoms with Crippen LogP contribution in [0.1, 0.15) is 5.56 Å². The lowest BCUT2D eigenvalue weighted by atomic mass is 10.2. The smallest absolute Gasteiger partial charge is 0.263 e. The molecule has 2 heterocycles. The number of hydrogen-bond acceptors (Lipinski definition) is 6. The van der Waals surface area contributed by atoms with Crippen molar-refractivity contribution in [2.24, 2.45) is 0 Å². The highest BCUT2D eigenvalue weighted by molar-refractivity contribution is 9.10. The predicted molar refractivity (Wildman–Crippen MR) is 102 cm³/mol. The lowest BCUT2D eigenvalue weighted by Gasteiger charge is -2.09. The van der Waals surface area contributed by atoms with Crippen molar-refractivity contribution in [3.8, 4) is 22.8 Å². The molecular weight excluding hydrogens is 413 g/mol. The van der Waals surface area contributed by atoms with Gasteiger partial charge in [0.15, 0.2) is 0 Å². The van der Waals surface area contributed by atoms with Gasteiger partial charge in [0.25, 0.3) is 5.89 Å². The molecule has 0 aliphatic rings. The molecule has 134 valence electrons. The molecule has 0 spiro atoms. The molecule has 1 N–H and O–H groups in total. The van der Waals surface area contributed by atoms with Gasteiger partial charge in [-0.1, -0.05) is 51.4 Å². The van der Waals surface area contributed by atoms with Gasteiger partial charge in [-0.05, 0) is 23.8 Å². The summed E-state index contributed by atoms with van der Waals surface area (Å²) in [5.74, 6) is 0.512. The van der Waals surface area contributed by atoms with Crippen LogP contribution in [-0.2, 0) is 6.54 Å². The SMILES string of the molecule is Fc1ccccc1-c1noc(-c2cncnc2NCc2ccccc2Br)n1. The highest BCUT2D eigenvalue weighted by atomic mass is 79.9. The summed E-state index contributed by atoms with van der Waals surface area (Å²) in [4.78, 5) is 12.6. The summed E-state index contributed by atoms with van der Waals surface area (Å²) in [6, 6.07) is 14.1. The summed E-state index contributed by atoms with van der Waals surface area (Å²) in [5, 5.41) is 7.13. The Bertz CT molecular complexity index is 1080. The minimum absolute atomic E-state index is 0.170. The monoisotopic (exact) mass is 425 g/mol. The summed E-state index contributed by atoms with van der Waals surface area (Å²) >= 11 is 3.52. The van der Waals surface area contributed by atoms with E-state index in [1.807, 2.05) is 24.3 Å². The maximum Gasteiger partial charge on any atom is 0.263 e. The van der Waals surface area contributed by atoms with E-state index in [2.05, 4.69) is 41.4 Å². The molecule has 4 rings (SSSR count). The van der Waals surface area contributed by atoms with Gasteiger partial charge in [-0.15, -0.1) is 0 Å². The second-order valence-corrected chi connectivity index (χ2v) is 6.49. The van der Waals surface area contributed by atoms with Crippen LogP contribution in [0.3, 0.4) is 0 Å². The van der Waals surface area contributed by atoms with Crippen LogP contribution in [-0.4, -0.2) is 20.1 Å². The molecule has 0 saturated heterocycles. The number of nitrogens with zero attached hydrogens (tertiary/aromatic N) is 4. The topological polar surface area (TPSA) is 76.7 Å². The summed E-state index contributed by atoms with van der Waals surface area (Å²) in [6.45, 7) is 0.541. The molecule has 2 aromatic heterocycles. The van der Waals surface area contributed by atoms with Gasteiger partial charge in [-0.25, -0.2) is 14.4 Å². The van der Waals surface area contributed by atoms with E-state index in [9.17, 15) is 4.39 Å². The number of benzene rings is 2. The Labute approximate surface area is 162 Å². The minimum Gasteiger partial charge on any atom is -0.365 e. The molecule has 6 nitrogen and oxygen atoms in total. The third-order valence-corrected chi connectivity index (χ3v) is 4.66. The van der Waals surface area contributed by atoms with E-state index in [0.717, 1.165) is 10.0 Å². The Hall–Kier alpha value is -3.13. The number of hydrogen-bond donors (Lipinski definition) is 1. The zero-order chi connectivity index (χ0) is 18.6. The number of nitrogens with one attached hydrogen (secondary N) is 1. The highest BCUT2D eigenvalue weighted by Gasteiger charge is 2.17. The number of anilines is 1. The van der Waals surface area contributed by atoms with Crippen molar-refractivity contribution in [3.05, 3.63) is 76.9 Å². The Balaban J connectivity index is 1.62. The van der Waals surface area contributed by atoms with Crippen molar-refractivity contribution < 1.29 is 8.91 Å². The zero-order valence-electron chi connectivity index (χ0n) is 13.9. The fraction of sp³-hybridized carbons (Fsp3) is 0.0526. The van der Waals surface area contributed by atoms with Gasteiger partial charge >= 0.3 is 0 Å². The molecule has 8 heteroatoms. The third kappa shape index (κ3) is 3.70. The molecule has 0 saturated carbocycles.